The number of hydrogen-bond donors (Lipinski definition) is 0. The lowest BCUT2D eigenvalue weighted by molar-refractivity contribution is -0.141. The highest BCUT2D eigenvalue weighted by molar-refractivity contribution is 5.36. The Labute approximate surface area is 142 Å². The van der Waals surface area contributed by atoms with Crippen molar-refractivity contribution in [1.82, 2.24) is 9.97 Å². The summed E-state index contributed by atoms with van der Waals surface area (Å²) in [4.78, 5) is 9.28. The summed E-state index contributed by atoms with van der Waals surface area (Å²) in [6.45, 7) is 1.01. The number of ether oxygens (including phenoxy) is 1. The summed E-state index contributed by atoms with van der Waals surface area (Å²) >= 11 is 0. The van der Waals surface area contributed by atoms with Crippen molar-refractivity contribution < 1.29 is 17.9 Å². The third-order valence-corrected chi connectivity index (χ3v) is 3.92. The second kappa shape index (κ2) is 6.97. The highest BCUT2D eigenvalue weighted by atomic mass is 19.4. The van der Waals surface area contributed by atoms with Crippen molar-refractivity contribution in [2.75, 3.05) is 18.0 Å². The number of nitriles is 1. The molecule has 0 aliphatic carbocycles. The molecule has 8 heteroatoms. The molecule has 0 bridgehead atoms. The van der Waals surface area contributed by atoms with Crippen LogP contribution in [0, 0.1) is 11.3 Å². The molecule has 1 aliphatic heterocycles. The Morgan fingerprint density at radius 1 is 1.20 bits per heavy atom. The molecular weight excluding hydrogens is 333 g/mol. The molecule has 1 aromatic heterocycles. The summed E-state index contributed by atoms with van der Waals surface area (Å²) < 4.78 is 44.1. The summed E-state index contributed by atoms with van der Waals surface area (Å²) in [7, 11) is 0. The first kappa shape index (κ1) is 17.0. The van der Waals surface area contributed by atoms with Gasteiger partial charge in [-0.25, -0.2) is 9.97 Å². The zero-order chi connectivity index (χ0) is 17.9. The van der Waals surface area contributed by atoms with Crippen molar-refractivity contribution in [1.29, 1.82) is 5.26 Å². The molecule has 5 nitrogen and oxygen atoms in total. The number of anilines is 1. The maximum Gasteiger partial charge on any atom is 0.433 e. The molecule has 0 unspecified atom stereocenters. The van der Waals surface area contributed by atoms with Crippen LogP contribution in [-0.2, 0) is 6.18 Å². The number of rotatable bonds is 3. The predicted octanol–water partition coefficient (Wildman–Crippen LogP) is 3.41. The van der Waals surface area contributed by atoms with Crippen LogP contribution >= 0.6 is 0 Å². The van der Waals surface area contributed by atoms with Gasteiger partial charge in [-0.15, -0.1) is 0 Å². The highest BCUT2D eigenvalue weighted by Crippen LogP contribution is 2.29. The van der Waals surface area contributed by atoms with Gasteiger partial charge in [0.2, 0.25) is 5.95 Å². The first-order chi connectivity index (χ1) is 12.0. The Balaban J connectivity index is 1.61. The quantitative estimate of drug-likeness (QED) is 0.851. The largest absolute Gasteiger partial charge is 0.490 e. The predicted molar refractivity (Wildman–Crippen MR) is 84.1 cm³/mol. The van der Waals surface area contributed by atoms with E-state index in [1.54, 1.807) is 29.2 Å². The van der Waals surface area contributed by atoms with Crippen molar-refractivity contribution in [2.24, 2.45) is 0 Å². The maximum absolute atomic E-state index is 12.7. The van der Waals surface area contributed by atoms with Gasteiger partial charge in [0.25, 0.3) is 0 Å². The van der Waals surface area contributed by atoms with Gasteiger partial charge in [-0.3, -0.25) is 0 Å². The fourth-order valence-electron chi connectivity index (χ4n) is 2.66. The number of piperidine rings is 1. The first-order valence-electron chi connectivity index (χ1n) is 7.78. The second-order valence-corrected chi connectivity index (χ2v) is 5.68. The third-order valence-electron chi connectivity index (χ3n) is 3.92. The highest BCUT2D eigenvalue weighted by Gasteiger charge is 2.33. The van der Waals surface area contributed by atoms with E-state index in [1.165, 1.54) is 0 Å². The van der Waals surface area contributed by atoms with Crippen LogP contribution in [0.5, 0.6) is 5.75 Å². The number of hydrogen-bond acceptors (Lipinski definition) is 5. The van der Waals surface area contributed by atoms with Crippen molar-refractivity contribution in [2.45, 2.75) is 25.1 Å². The molecule has 0 atom stereocenters. The molecule has 1 aliphatic rings. The number of aromatic nitrogens is 2. The van der Waals surface area contributed by atoms with Crippen LogP contribution in [0.3, 0.4) is 0 Å². The molecule has 1 saturated heterocycles. The van der Waals surface area contributed by atoms with Gasteiger partial charge in [-0.1, -0.05) is 6.07 Å². The normalized spacial score (nSPS) is 15.7. The molecule has 1 aromatic carbocycles. The van der Waals surface area contributed by atoms with Crippen molar-refractivity contribution in [3.63, 3.8) is 0 Å². The number of benzene rings is 1. The molecule has 2 aromatic rings. The Morgan fingerprint density at radius 2 is 1.96 bits per heavy atom. The molecule has 0 N–H and O–H groups in total. The maximum atomic E-state index is 12.7. The lowest BCUT2D eigenvalue weighted by Crippen LogP contribution is -2.39. The number of nitrogens with zero attached hydrogens (tertiary/aromatic N) is 4. The Kier molecular flexibility index (Phi) is 4.74. The van der Waals surface area contributed by atoms with Crippen LogP contribution in [-0.4, -0.2) is 29.2 Å². The van der Waals surface area contributed by atoms with Gasteiger partial charge in [-0.2, -0.15) is 18.4 Å². The van der Waals surface area contributed by atoms with E-state index in [4.69, 9.17) is 10.00 Å². The topological polar surface area (TPSA) is 62.0 Å². The number of halogens is 3. The minimum absolute atomic E-state index is 0.0593. The third kappa shape index (κ3) is 4.18. The Morgan fingerprint density at radius 3 is 2.64 bits per heavy atom. The van der Waals surface area contributed by atoms with Gasteiger partial charge in [0.15, 0.2) is 0 Å². The second-order valence-electron chi connectivity index (χ2n) is 5.68. The van der Waals surface area contributed by atoms with Gasteiger partial charge in [0.1, 0.15) is 17.5 Å². The van der Waals surface area contributed by atoms with Gasteiger partial charge < -0.3 is 9.64 Å². The molecule has 0 amide bonds. The zero-order valence-electron chi connectivity index (χ0n) is 13.2. The minimum atomic E-state index is -4.48. The monoisotopic (exact) mass is 348 g/mol. The van der Waals surface area contributed by atoms with E-state index in [0.717, 1.165) is 12.3 Å². The Hall–Kier alpha value is -2.82. The molecule has 0 spiro atoms. The summed E-state index contributed by atoms with van der Waals surface area (Å²) in [6, 6.07) is 9.81. The van der Waals surface area contributed by atoms with E-state index in [9.17, 15) is 13.2 Å². The summed E-state index contributed by atoms with van der Waals surface area (Å²) in [5, 5.41) is 8.90. The average Bonchev–Trinajstić information content (AvgIpc) is 2.62. The van der Waals surface area contributed by atoms with Crippen LogP contribution in [0.1, 0.15) is 24.1 Å². The van der Waals surface area contributed by atoms with Crippen LogP contribution in [0.15, 0.2) is 36.5 Å². The summed E-state index contributed by atoms with van der Waals surface area (Å²) in [6.07, 6.45) is -2.14. The van der Waals surface area contributed by atoms with Crippen LogP contribution in [0.25, 0.3) is 0 Å². The molecule has 25 heavy (non-hydrogen) atoms. The SMILES string of the molecule is N#Cc1cccc(OC2CCN(c3nccc(C(F)(F)F)n3)CC2)c1. The standard InChI is InChI=1S/C17H15F3N4O/c18-17(19,20)15-4-7-22-16(23-15)24-8-5-13(6-9-24)25-14-3-1-2-12(10-14)11-21/h1-4,7,10,13H,5-6,8-9H2. The molecule has 130 valence electrons. The molecule has 3 rings (SSSR count). The van der Waals surface area contributed by atoms with Crippen LogP contribution < -0.4 is 9.64 Å². The first-order valence-corrected chi connectivity index (χ1v) is 7.78. The van der Waals surface area contributed by atoms with E-state index in [-0.39, 0.29) is 12.1 Å². The van der Waals surface area contributed by atoms with Gasteiger partial charge in [0.05, 0.1) is 11.6 Å². The van der Waals surface area contributed by atoms with E-state index >= 15 is 0 Å². The van der Waals surface area contributed by atoms with Crippen molar-refractivity contribution in [3.8, 4) is 11.8 Å². The fraction of sp³-hybridized carbons (Fsp3) is 0.353. The molecule has 1 fully saturated rings. The summed E-state index contributed by atoms with van der Waals surface area (Å²) in [5.74, 6) is 0.701. The van der Waals surface area contributed by atoms with Crippen molar-refractivity contribution in [3.05, 3.63) is 47.8 Å². The lowest BCUT2D eigenvalue weighted by Gasteiger charge is -2.32. The van der Waals surface area contributed by atoms with Crippen LogP contribution in [0.4, 0.5) is 19.1 Å². The van der Waals surface area contributed by atoms with Gasteiger partial charge in [-0.05, 0) is 24.3 Å². The number of alkyl halides is 3. The lowest BCUT2D eigenvalue weighted by atomic mass is 10.1. The zero-order valence-corrected chi connectivity index (χ0v) is 13.2. The Bertz CT molecular complexity index is 780. The molecule has 2 heterocycles. The molecule has 0 radical (unpaired) electrons. The van der Waals surface area contributed by atoms with E-state index in [1.807, 2.05) is 0 Å². The van der Waals surface area contributed by atoms with Crippen molar-refractivity contribution >= 4 is 5.95 Å². The molecule has 0 saturated carbocycles. The minimum Gasteiger partial charge on any atom is -0.490 e. The van der Waals surface area contributed by atoms with Crippen LogP contribution in [0.2, 0.25) is 0 Å². The van der Waals surface area contributed by atoms with E-state index in [2.05, 4.69) is 16.0 Å². The fourth-order valence-corrected chi connectivity index (χ4v) is 2.66. The van der Waals surface area contributed by atoms with Gasteiger partial charge >= 0.3 is 6.18 Å². The smallest absolute Gasteiger partial charge is 0.433 e. The average molecular weight is 348 g/mol. The summed E-state index contributed by atoms with van der Waals surface area (Å²) in [5.41, 5.74) is -0.420. The van der Waals surface area contributed by atoms with Gasteiger partial charge in [0, 0.05) is 32.1 Å². The molecular formula is C17H15F3N4O. The van der Waals surface area contributed by atoms with E-state index < -0.39 is 11.9 Å². The van der Waals surface area contributed by atoms with E-state index in [0.29, 0.717) is 37.2 Å².